The summed E-state index contributed by atoms with van der Waals surface area (Å²) in [5, 5.41) is 18.3. The molecule has 0 bridgehead atoms. The van der Waals surface area contributed by atoms with Gasteiger partial charge in [0.15, 0.2) is 6.10 Å². The van der Waals surface area contributed by atoms with Gasteiger partial charge in [0, 0.05) is 12.8 Å². The van der Waals surface area contributed by atoms with Crippen LogP contribution < -0.4 is 0 Å². The van der Waals surface area contributed by atoms with Gasteiger partial charge in [-0.25, -0.2) is 4.57 Å². The van der Waals surface area contributed by atoms with E-state index in [0.717, 1.165) is 51.4 Å². The van der Waals surface area contributed by atoms with E-state index in [-0.39, 0.29) is 31.7 Å². The zero-order valence-electron chi connectivity index (χ0n) is 31.0. The number of hydrogen-bond donors (Lipinski definition) is 3. The van der Waals surface area contributed by atoms with Crippen LogP contribution in [0.4, 0.5) is 0 Å². The van der Waals surface area contributed by atoms with Crippen molar-refractivity contribution in [3.63, 3.8) is 0 Å². The summed E-state index contributed by atoms with van der Waals surface area (Å²) in [4.78, 5) is 34.8. The highest BCUT2D eigenvalue weighted by Crippen LogP contribution is 2.43. The number of epoxide rings is 1. The molecule has 1 rings (SSSR count). The third kappa shape index (κ3) is 27.8. The molecule has 3 unspecified atom stereocenters. The van der Waals surface area contributed by atoms with Crippen molar-refractivity contribution in [3.8, 4) is 0 Å². The Balaban J connectivity index is 2.35. The van der Waals surface area contributed by atoms with Crippen LogP contribution in [-0.4, -0.2) is 77.9 Å². The van der Waals surface area contributed by atoms with Gasteiger partial charge in [0.1, 0.15) is 12.7 Å². The van der Waals surface area contributed by atoms with Crippen LogP contribution in [0, 0.1) is 5.92 Å². The van der Waals surface area contributed by atoms with Crippen molar-refractivity contribution in [2.24, 2.45) is 5.92 Å². The highest BCUT2D eigenvalue weighted by atomic mass is 31.2. The molecule has 0 amide bonds. The number of aliphatic hydroxyl groups excluding tert-OH is 2. The van der Waals surface area contributed by atoms with E-state index in [1.807, 2.05) is 0 Å². The van der Waals surface area contributed by atoms with Gasteiger partial charge in [0.25, 0.3) is 0 Å². The van der Waals surface area contributed by atoms with E-state index in [0.29, 0.717) is 18.8 Å². The lowest BCUT2D eigenvalue weighted by atomic mass is 10.0. The van der Waals surface area contributed by atoms with E-state index in [4.69, 9.17) is 23.8 Å². The SMILES string of the molecule is CCCCC/C=C\C/C=C\C/C=C\CC1OC1CCCC(=O)OC[C@H](COP(=O)(O)OC[C@@H](O)CO)OC(=O)CCCCCCCCC(C)C. The monoisotopic (exact) mass is 730 g/mol. The molecule has 1 heterocycles. The largest absolute Gasteiger partial charge is 0.472 e. The molecule has 1 aliphatic heterocycles. The molecule has 5 atom stereocenters. The average Bonchev–Trinajstić information content (AvgIpc) is 3.84. The second-order valence-corrected chi connectivity index (χ2v) is 14.9. The summed E-state index contributed by atoms with van der Waals surface area (Å²) < 4.78 is 38.2. The molecule has 1 aliphatic rings. The van der Waals surface area contributed by atoms with Gasteiger partial charge in [-0.2, -0.15) is 0 Å². The van der Waals surface area contributed by atoms with Crippen LogP contribution in [0.1, 0.15) is 136 Å². The van der Waals surface area contributed by atoms with E-state index in [1.165, 1.54) is 38.5 Å². The Bertz CT molecular complexity index is 1010. The van der Waals surface area contributed by atoms with Crippen LogP contribution in [0.25, 0.3) is 0 Å². The predicted molar refractivity (Wildman–Crippen MR) is 195 cm³/mol. The minimum atomic E-state index is -4.63. The van der Waals surface area contributed by atoms with Crippen LogP contribution in [0.2, 0.25) is 0 Å². The summed E-state index contributed by atoms with van der Waals surface area (Å²) in [5.41, 5.74) is 0. The molecule has 0 spiro atoms. The lowest BCUT2D eigenvalue weighted by Gasteiger charge is -2.20. The van der Waals surface area contributed by atoms with Gasteiger partial charge in [0.2, 0.25) is 0 Å². The summed E-state index contributed by atoms with van der Waals surface area (Å²) in [7, 11) is -4.63. The number of carbonyl (C=O) groups excluding carboxylic acids is 2. The number of ether oxygens (including phenoxy) is 3. The molecule has 290 valence electrons. The normalized spacial score (nSPS) is 18.6. The minimum absolute atomic E-state index is 0.117. The second kappa shape index (κ2) is 29.7. The molecule has 0 aromatic carbocycles. The fourth-order valence-electron chi connectivity index (χ4n) is 5.09. The Morgan fingerprint density at radius 3 is 2.12 bits per heavy atom. The number of esters is 2. The summed E-state index contributed by atoms with van der Waals surface area (Å²) in [5.74, 6) is -0.304. The van der Waals surface area contributed by atoms with Crippen molar-refractivity contribution in [1.82, 2.24) is 0 Å². The van der Waals surface area contributed by atoms with Crippen LogP contribution in [0.15, 0.2) is 36.5 Å². The van der Waals surface area contributed by atoms with Gasteiger partial charge in [-0.15, -0.1) is 0 Å². The van der Waals surface area contributed by atoms with E-state index < -0.39 is 51.8 Å². The first-order valence-corrected chi connectivity index (χ1v) is 20.4. The van der Waals surface area contributed by atoms with Crippen molar-refractivity contribution in [1.29, 1.82) is 0 Å². The first kappa shape index (κ1) is 46.2. The van der Waals surface area contributed by atoms with Crippen molar-refractivity contribution in [3.05, 3.63) is 36.5 Å². The molecule has 0 aliphatic carbocycles. The maximum absolute atomic E-state index is 12.5. The molecule has 11 nitrogen and oxygen atoms in total. The standard InChI is InChI=1S/C38H67O11P/c1-4-5-6-7-8-9-10-11-12-13-17-20-24-35-36(49-35)25-22-27-37(41)45-30-34(31-47-50(43,44)46-29-33(40)28-39)48-38(42)26-21-18-15-14-16-19-23-32(2)3/h8-9,11-12,17,20,32-36,39-40H,4-7,10,13-16,18-19,21-31H2,1-3H3,(H,43,44)/b9-8-,12-11-,20-17-/t33-,34+,35?,36?/m0/s1. The van der Waals surface area contributed by atoms with E-state index in [9.17, 15) is 24.2 Å². The molecule has 0 saturated carbocycles. The smallest absolute Gasteiger partial charge is 0.462 e. The highest BCUT2D eigenvalue weighted by Gasteiger charge is 2.36. The van der Waals surface area contributed by atoms with Gasteiger partial charge in [-0.1, -0.05) is 109 Å². The zero-order valence-corrected chi connectivity index (χ0v) is 31.9. The molecular weight excluding hydrogens is 663 g/mol. The number of rotatable bonds is 33. The second-order valence-electron chi connectivity index (χ2n) is 13.5. The first-order chi connectivity index (χ1) is 24.1. The average molecular weight is 731 g/mol. The number of unbranched alkanes of at least 4 members (excludes halogenated alkanes) is 8. The number of phosphoric acid groups is 1. The third-order valence-corrected chi connectivity index (χ3v) is 9.10. The Morgan fingerprint density at radius 1 is 0.780 bits per heavy atom. The Kier molecular flexibility index (Phi) is 27.4. The van der Waals surface area contributed by atoms with Crippen LogP contribution in [-0.2, 0) is 37.4 Å². The van der Waals surface area contributed by atoms with Gasteiger partial charge < -0.3 is 29.3 Å². The van der Waals surface area contributed by atoms with Gasteiger partial charge >= 0.3 is 19.8 Å². The summed E-state index contributed by atoms with van der Waals surface area (Å²) in [6, 6.07) is 0. The molecule has 0 radical (unpaired) electrons. The lowest BCUT2D eigenvalue weighted by Crippen LogP contribution is -2.29. The van der Waals surface area contributed by atoms with Crippen molar-refractivity contribution < 1.29 is 52.5 Å². The van der Waals surface area contributed by atoms with Crippen LogP contribution in [0.5, 0.6) is 0 Å². The van der Waals surface area contributed by atoms with Crippen molar-refractivity contribution >= 4 is 19.8 Å². The summed E-state index contributed by atoms with van der Waals surface area (Å²) in [6.45, 7) is 4.45. The Labute approximate surface area is 301 Å². The molecule has 50 heavy (non-hydrogen) atoms. The zero-order chi connectivity index (χ0) is 36.9. The Morgan fingerprint density at radius 2 is 1.42 bits per heavy atom. The summed E-state index contributed by atoms with van der Waals surface area (Å²) >= 11 is 0. The topological polar surface area (TPSA) is 161 Å². The fourth-order valence-corrected chi connectivity index (χ4v) is 5.88. The molecule has 3 N–H and O–H groups in total. The predicted octanol–water partition coefficient (Wildman–Crippen LogP) is 8.06. The molecule has 12 heteroatoms. The molecule has 1 saturated heterocycles. The van der Waals surface area contributed by atoms with Crippen LogP contribution >= 0.6 is 7.82 Å². The van der Waals surface area contributed by atoms with Gasteiger partial charge in [0.05, 0.1) is 32.0 Å². The quantitative estimate of drug-likeness (QED) is 0.0197. The lowest BCUT2D eigenvalue weighted by molar-refractivity contribution is -0.161. The number of carbonyl (C=O) groups is 2. The summed E-state index contributed by atoms with van der Waals surface area (Å²) in [6.07, 6.45) is 27.4. The number of allylic oxidation sites excluding steroid dienone is 5. The molecule has 1 fully saturated rings. The number of aliphatic hydroxyl groups is 2. The van der Waals surface area contributed by atoms with E-state index in [2.05, 4.69) is 61.8 Å². The van der Waals surface area contributed by atoms with Crippen molar-refractivity contribution in [2.45, 2.75) is 161 Å². The maximum Gasteiger partial charge on any atom is 0.472 e. The molecule has 0 aromatic heterocycles. The molecule has 0 aromatic rings. The van der Waals surface area contributed by atoms with E-state index >= 15 is 0 Å². The van der Waals surface area contributed by atoms with E-state index in [1.54, 1.807) is 0 Å². The van der Waals surface area contributed by atoms with Gasteiger partial charge in [-0.05, 0) is 57.3 Å². The van der Waals surface area contributed by atoms with Gasteiger partial charge in [-0.3, -0.25) is 18.6 Å². The van der Waals surface area contributed by atoms with Crippen LogP contribution in [0.3, 0.4) is 0 Å². The maximum atomic E-state index is 12.5. The van der Waals surface area contributed by atoms with Crippen molar-refractivity contribution in [2.75, 3.05) is 26.4 Å². The number of hydrogen-bond acceptors (Lipinski definition) is 10. The minimum Gasteiger partial charge on any atom is -0.462 e. The molecular formula is C38H67O11P. The Hall–Kier alpha value is -1.85. The third-order valence-electron chi connectivity index (χ3n) is 8.15. The highest BCUT2D eigenvalue weighted by molar-refractivity contribution is 7.47. The number of phosphoric ester groups is 1. The fraction of sp³-hybridized carbons (Fsp3) is 0.789. The first-order valence-electron chi connectivity index (χ1n) is 18.9.